The molecule has 0 aliphatic heterocycles. The molecule has 6 nitrogen and oxygen atoms in total. The molecule has 1 saturated carbocycles. The van der Waals surface area contributed by atoms with Gasteiger partial charge in [-0.3, -0.25) is 9.69 Å². The van der Waals surface area contributed by atoms with E-state index in [1.165, 1.54) is 39.0 Å². The lowest BCUT2D eigenvalue weighted by Gasteiger charge is -2.34. The molecule has 0 saturated heterocycles. The largest absolute Gasteiger partial charge is 0.466 e. The number of nitrogens with zero attached hydrogens (tertiary/aromatic N) is 1. The third-order valence-corrected chi connectivity index (χ3v) is 6.16. The smallest absolute Gasteiger partial charge is 0.338 e. The number of carbonyl (C=O) groups is 2. The molecule has 0 spiro atoms. The van der Waals surface area contributed by atoms with Gasteiger partial charge in [0.05, 0.1) is 24.5 Å². The van der Waals surface area contributed by atoms with Crippen LogP contribution in [0.5, 0.6) is 0 Å². The summed E-state index contributed by atoms with van der Waals surface area (Å²) < 4.78 is 11.0. The van der Waals surface area contributed by atoms with Crippen molar-refractivity contribution in [2.45, 2.75) is 77.8 Å². The number of unbranched alkanes of at least 4 members (excludes halogenated alkanes) is 1. The van der Waals surface area contributed by atoms with E-state index < -0.39 is 0 Å². The first kappa shape index (κ1) is 24.7. The maximum absolute atomic E-state index is 12.5. The van der Waals surface area contributed by atoms with Gasteiger partial charge < -0.3 is 15.2 Å². The second kappa shape index (κ2) is 13.0. The molecule has 1 aromatic rings. The maximum atomic E-state index is 12.5. The van der Waals surface area contributed by atoms with Crippen LogP contribution in [0.3, 0.4) is 0 Å². The highest BCUT2D eigenvalue weighted by Crippen LogP contribution is 2.30. The molecule has 1 aliphatic carbocycles. The van der Waals surface area contributed by atoms with Gasteiger partial charge in [0.1, 0.15) is 0 Å². The molecule has 2 rings (SSSR count). The van der Waals surface area contributed by atoms with Gasteiger partial charge in [0.2, 0.25) is 0 Å². The topological polar surface area (TPSA) is 81.9 Å². The van der Waals surface area contributed by atoms with Crippen molar-refractivity contribution in [3.63, 3.8) is 0 Å². The van der Waals surface area contributed by atoms with Crippen LogP contribution in [0, 0.1) is 0 Å². The minimum Gasteiger partial charge on any atom is -0.466 e. The lowest BCUT2D eigenvalue weighted by atomic mass is 9.93. The molecule has 30 heavy (non-hydrogen) atoms. The van der Waals surface area contributed by atoms with Crippen LogP contribution in [0.4, 0.5) is 5.69 Å². The van der Waals surface area contributed by atoms with Gasteiger partial charge in [-0.2, -0.15) is 0 Å². The second-order valence-corrected chi connectivity index (χ2v) is 8.83. The van der Waals surface area contributed by atoms with Crippen molar-refractivity contribution in [3.8, 4) is 0 Å². The fourth-order valence-corrected chi connectivity index (χ4v) is 4.44. The number of esters is 2. The molecule has 0 heterocycles. The summed E-state index contributed by atoms with van der Waals surface area (Å²) in [6.07, 6.45) is 8.76. The highest BCUT2D eigenvalue weighted by molar-refractivity contribution is 9.10. The predicted molar refractivity (Wildman–Crippen MR) is 122 cm³/mol. The minimum absolute atomic E-state index is 0.293. The van der Waals surface area contributed by atoms with E-state index in [1.807, 2.05) is 6.07 Å². The SMILES string of the molecule is CCCN(Cc1cc(C(=O)OCCCCOC(C)=O)cc(Br)c1N)C1CCCCC1. The quantitative estimate of drug-likeness (QED) is 0.269. The Hall–Kier alpha value is -1.60. The van der Waals surface area contributed by atoms with Gasteiger partial charge in [-0.1, -0.05) is 26.2 Å². The summed E-state index contributed by atoms with van der Waals surface area (Å²) in [5.41, 5.74) is 8.49. The van der Waals surface area contributed by atoms with Crippen molar-refractivity contribution < 1.29 is 19.1 Å². The summed E-state index contributed by atoms with van der Waals surface area (Å²) in [5.74, 6) is -0.652. The molecule has 7 heteroatoms. The number of halogens is 1. The molecule has 0 atom stereocenters. The fraction of sp³-hybridized carbons (Fsp3) is 0.652. The molecule has 1 fully saturated rings. The van der Waals surface area contributed by atoms with Crippen molar-refractivity contribution >= 4 is 33.6 Å². The number of nitrogen functional groups attached to an aromatic ring is 1. The molecule has 1 aromatic carbocycles. The predicted octanol–water partition coefficient (Wildman–Crippen LogP) is 5.08. The number of hydrogen-bond donors (Lipinski definition) is 1. The molecule has 0 amide bonds. The summed E-state index contributed by atoms with van der Waals surface area (Å²) in [6, 6.07) is 4.18. The van der Waals surface area contributed by atoms with Gasteiger partial charge in [0.25, 0.3) is 0 Å². The van der Waals surface area contributed by atoms with Crippen LogP contribution >= 0.6 is 15.9 Å². The van der Waals surface area contributed by atoms with Gasteiger partial charge in [-0.25, -0.2) is 4.79 Å². The van der Waals surface area contributed by atoms with Crippen molar-refractivity contribution in [3.05, 3.63) is 27.7 Å². The Morgan fingerprint density at radius 3 is 2.43 bits per heavy atom. The van der Waals surface area contributed by atoms with E-state index in [2.05, 4.69) is 27.8 Å². The van der Waals surface area contributed by atoms with Crippen LogP contribution in [-0.2, 0) is 20.8 Å². The van der Waals surface area contributed by atoms with Crippen molar-refractivity contribution in [2.75, 3.05) is 25.5 Å². The van der Waals surface area contributed by atoms with E-state index in [0.717, 1.165) is 29.5 Å². The third kappa shape index (κ3) is 7.91. The van der Waals surface area contributed by atoms with Crippen LogP contribution in [-0.4, -0.2) is 42.6 Å². The molecule has 0 unspecified atom stereocenters. The van der Waals surface area contributed by atoms with E-state index in [4.69, 9.17) is 15.2 Å². The van der Waals surface area contributed by atoms with E-state index >= 15 is 0 Å². The first-order valence-electron chi connectivity index (χ1n) is 11.0. The standard InChI is InChI=1S/C23H35BrN2O4/c1-3-11-26(20-9-5-4-6-10-20)16-19-14-18(15-21(24)22(19)25)23(28)30-13-8-7-12-29-17(2)27/h14-15,20H,3-13,16,25H2,1-2H3. The molecule has 0 bridgehead atoms. The number of benzene rings is 1. The Balaban J connectivity index is 1.99. The van der Waals surface area contributed by atoms with E-state index in [9.17, 15) is 9.59 Å². The molecule has 2 N–H and O–H groups in total. The van der Waals surface area contributed by atoms with Crippen molar-refractivity contribution in [2.24, 2.45) is 0 Å². The van der Waals surface area contributed by atoms with Crippen LogP contribution < -0.4 is 5.73 Å². The van der Waals surface area contributed by atoms with E-state index in [-0.39, 0.29) is 11.9 Å². The number of carbonyl (C=O) groups excluding carboxylic acids is 2. The molecule has 168 valence electrons. The number of anilines is 1. The third-order valence-electron chi connectivity index (χ3n) is 5.50. The Morgan fingerprint density at radius 2 is 1.80 bits per heavy atom. The van der Waals surface area contributed by atoms with E-state index in [1.54, 1.807) is 6.07 Å². The first-order chi connectivity index (χ1) is 14.4. The van der Waals surface area contributed by atoms with Crippen molar-refractivity contribution in [1.82, 2.24) is 4.90 Å². The molecular weight excluding hydrogens is 448 g/mol. The van der Waals surface area contributed by atoms with Crippen LogP contribution in [0.1, 0.15) is 81.1 Å². The van der Waals surface area contributed by atoms with Crippen LogP contribution in [0.25, 0.3) is 0 Å². The van der Waals surface area contributed by atoms with E-state index in [0.29, 0.717) is 43.3 Å². The highest BCUT2D eigenvalue weighted by atomic mass is 79.9. The zero-order valence-electron chi connectivity index (χ0n) is 18.3. The normalized spacial score (nSPS) is 14.7. The zero-order valence-corrected chi connectivity index (χ0v) is 19.8. The monoisotopic (exact) mass is 482 g/mol. The molecule has 0 radical (unpaired) electrons. The van der Waals surface area contributed by atoms with Crippen molar-refractivity contribution in [1.29, 1.82) is 0 Å². The lowest BCUT2D eigenvalue weighted by Crippen LogP contribution is -2.37. The Kier molecular flexibility index (Phi) is 10.6. The Bertz CT molecular complexity index is 705. The maximum Gasteiger partial charge on any atom is 0.338 e. The van der Waals surface area contributed by atoms with Gasteiger partial charge in [0.15, 0.2) is 0 Å². The molecule has 1 aliphatic rings. The first-order valence-corrected chi connectivity index (χ1v) is 11.8. The van der Waals surface area contributed by atoms with Gasteiger partial charge in [0, 0.05) is 24.0 Å². The van der Waals surface area contributed by atoms with Crippen LogP contribution in [0.2, 0.25) is 0 Å². The van der Waals surface area contributed by atoms with Crippen LogP contribution in [0.15, 0.2) is 16.6 Å². The number of hydrogen-bond acceptors (Lipinski definition) is 6. The average molecular weight is 483 g/mol. The zero-order chi connectivity index (χ0) is 21.9. The summed E-state index contributed by atoms with van der Waals surface area (Å²) in [4.78, 5) is 25.8. The number of nitrogens with two attached hydrogens (primary N) is 1. The van der Waals surface area contributed by atoms with Gasteiger partial charge in [-0.15, -0.1) is 0 Å². The highest BCUT2D eigenvalue weighted by Gasteiger charge is 2.22. The Labute approximate surface area is 188 Å². The molecule has 0 aromatic heterocycles. The summed E-state index contributed by atoms with van der Waals surface area (Å²) in [6.45, 7) is 5.99. The average Bonchev–Trinajstić information content (AvgIpc) is 2.73. The fourth-order valence-electron chi connectivity index (χ4n) is 3.93. The lowest BCUT2D eigenvalue weighted by molar-refractivity contribution is -0.141. The summed E-state index contributed by atoms with van der Waals surface area (Å²) in [7, 11) is 0. The number of ether oxygens (including phenoxy) is 2. The van der Waals surface area contributed by atoms with Gasteiger partial charge in [-0.05, 0) is 72.3 Å². The molecular formula is C23H35BrN2O4. The second-order valence-electron chi connectivity index (χ2n) is 7.98. The van der Waals surface area contributed by atoms with Gasteiger partial charge >= 0.3 is 11.9 Å². The minimum atomic E-state index is -0.357. The Morgan fingerprint density at radius 1 is 1.13 bits per heavy atom. The summed E-state index contributed by atoms with van der Waals surface area (Å²) >= 11 is 3.51. The summed E-state index contributed by atoms with van der Waals surface area (Å²) in [5, 5.41) is 0. The number of rotatable bonds is 11.